The van der Waals surface area contributed by atoms with E-state index in [1.807, 2.05) is 6.92 Å². The maximum absolute atomic E-state index is 9.51. The van der Waals surface area contributed by atoms with Gasteiger partial charge in [0.1, 0.15) is 0 Å². The topological polar surface area (TPSA) is 40.5 Å². The predicted octanol–water partition coefficient (Wildman–Crippen LogP) is 0.733. The minimum atomic E-state index is -1.33. The molecule has 0 heterocycles. The Morgan fingerprint density at radius 3 is 2.30 bits per heavy atom. The zero-order valence-electron chi connectivity index (χ0n) is 6.25. The molecule has 2 N–H and O–H groups in total. The van der Waals surface area contributed by atoms with Crippen molar-refractivity contribution < 1.29 is 10.2 Å². The van der Waals surface area contributed by atoms with Crippen molar-refractivity contribution in [1.29, 1.82) is 0 Å². The molecule has 3 atom stereocenters. The van der Waals surface area contributed by atoms with E-state index in [-0.39, 0.29) is 11.8 Å². The standard InChI is InChI=1S/C8H14O2/c1-5-6-2-3-7(4-6)8(5,9)10/h5-7,9-10H,2-4H2,1H3. The highest BCUT2D eigenvalue weighted by molar-refractivity contribution is 4.98. The van der Waals surface area contributed by atoms with Gasteiger partial charge in [0.25, 0.3) is 0 Å². The Balaban J connectivity index is 2.25. The molecule has 0 radical (unpaired) electrons. The summed E-state index contributed by atoms with van der Waals surface area (Å²) in [6.45, 7) is 1.95. The van der Waals surface area contributed by atoms with E-state index in [0.717, 1.165) is 12.8 Å². The van der Waals surface area contributed by atoms with Crippen LogP contribution in [0.15, 0.2) is 0 Å². The van der Waals surface area contributed by atoms with Gasteiger partial charge in [0.2, 0.25) is 0 Å². The van der Waals surface area contributed by atoms with Crippen LogP contribution in [0.4, 0.5) is 0 Å². The van der Waals surface area contributed by atoms with E-state index >= 15 is 0 Å². The molecule has 10 heavy (non-hydrogen) atoms. The summed E-state index contributed by atoms with van der Waals surface area (Å²) in [6.07, 6.45) is 3.25. The fourth-order valence-corrected chi connectivity index (χ4v) is 2.58. The maximum atomic E-state index is 9.51. The highest BCUT2D eigenvalue weighted by Crippen LogP contribution is 2.52. The molecule has 0 aliphatic heterocycles. The fourth-order valence-electron chi connectivity index (χ4n) is 2.58. The van der Waals surface area contributed by atoms with Crippen molar-refractivity contribution in [2.24, 2.45) is 17.8 Å². The average molecular weight is 142 g/mol. The van der Waals surface area contributed by atoms with Gasteiger partial charge in [-0.05, 0) is 25.2 Å². The zero-order valence-corrected chi connectivity index (χ0v) is 6.25. The van der Waals surface area contributed by atoms with Crippen LogP contribution < -0.4 is 0 Å². The molecular formula is C8H14O2. The molecule has 2 bridgehead atoms. The van der Waals surface area contributed by atoms with E-state index < -0.39 is 5.79 Å². The first kappa shape index (κ1) is 6.62. The van der Waals surface area contributed by atoms with Gasteiger partial charge < -0.3 is 10.2 Å². The predicted molar refractivity (Wildman–Crippen MR) is 37.2 cm³/mol. The van der Waals surface area contributed by atoms with Crippen molar-refractivity contribution in [2.45, 2.75) is 32.0 Å². The summed E-state index contributed by atoms with van der Waals surface area (Å²) in [4.78, 5) is 0. The Labute approximate surface area is 60.9 Å². The highest BCUT2D eigenvalue weighted by Gasteiger charge is 2.54. The normalized spacial score (nSPS) is 50.1. The maximum Gasteiger partial charge on any atom is 0.168 e. The van der Waals surface area contributed by atoms with Gasteiger partial charge in [-0.3, -0.25) is 0 Å². The minimum Gasteiger partial charge on any atom is -0.365 e. The van der Waals surface area contributed by atoms with Crippen LogP contribution in [0.3, 0.4) is 0 Å². The first-order chi connectivity index (χ1) is 4.62. The van der Waals surface area contributed by atoms with Crippen molar-refractivity contribution in [3.63, 3.8) is 0 Å². The van der Waals surface area contributed by atoms with Gasteiger partial charge in [-0.2, -0.15) is 0 Å². The van der Waals surface area contributed by atoms with Gasteiger partial charge in [-0.15, -0.1) is 0 Å². The quantitative estimate of drug-likeness (QED) is 0.489. The largest absolute Gasteiger partial charge is 0.365 e. The van der Waals surface area contributed by atoms with Crippen molar-refractivity contribution in [2.75, 3.05) is 0 Å². The smallest absolute Gasteiger partial charge is 0.168 e. The monoisotopic (exact) mass is 142 g/mol. The van der Waals surface area contributed by atoms with Crippen LogP contribution in [0.25, 0.3) is 0 Å². The molecular weight excluding hydrogens is 128 g/mol. The number of hydrogen-bond acceptors (Lipinski definition) is 2. The summed E-state index contributed by atoms with van der Waals surface area (Å²) in [7, 11) is 0. The lowest BCUT2D eigenvalue weighted by atomic mass is 9.85. The van der Waals surface area contributed by atoms with Crippen LogP contribution in [-0.4, -0.2) is 16.0 Å². The van der Waals surface area contributed by atoms with Gasteiger partial charge in [-0.1, -0.05) is 6.92 Å². The number of aliphatic hydroxyl groups is 2. The second kappa shape index (κ2) is 1.74. The second-order valence-corrected chi connectivity index (χ2v) is 3.84. The minimum absolute atomic E-state index is 0.103. The molecule has 2 aliphatic carbocycles. The molecule has 2 nitrogen and oxygen atoms in total. The summed E-state index contributed by atoms with van der Waals surface area (Å²) < 4.78 is 0. The van der Waals surface area contributed by atoms with Crippen molar-refractivity contribution >= 4 is 0 Å². The summed E-state index contributed by atoms with van der Waals surface area (Å²) in [5, 5.41) is 19.0. The SMILES string of the molecule is CC1C2CCC(C2)C1(O)O. The molecule has 58 valence electrons. The van der Waals surface area contributed by atoms with E-state index in [9.17, 15) is 10.2 Å². The van der Waals surface area contributed by atoms with Crippen LogP contribution in [0.5, 0.6) is 0 Å². The lowest BCUT2D eigenvalue weighted by molar-refractivity contribution is -0.223. The van der Waals surface area contributed by atoms with Crippen LogP contribution in [0.2, 0.25) is 0 Å². The molecule has 0 aromatic heterocycles. The van der Waals surface area contributed by atoms with E-state index in [2.05, 4.69) is 0 Å². The molecule has 2 saturated carbocycles. The van der Waals surface area contributed by atoms with E-state index in [4.69, 9.17) is 0 Å². The molecule has 2 fully saturated rings. The molecule has 3 unspecified atom stereocenters. The molecule has 0 aromatic carbocycles. The van der Waals surface area contributed by atoms with Crippen molar-refractivity contribution in [3.05, 3.63) is 0 Å². The first-order valence-corrected chi connectivity index (χ1v) is 4.07. The van der Waals surface area contributed by atoms with Crippen molar-refractivity contribution in [3.8, 4) is 0 Å². The molecule has 0 amide bonds. The van der Waals surface area contributed by atoms with E-state index in [1.54, 1.807) is 0 Å². The Morgan fingerprint density at radius 2 is 2.00 bits per heavy atom. The molecule has 0 spiro atoms. The lowest BCUT2D eigenvalue weighted by Crippen LogP contribution is -2.41. The Morgan fingerprint density at radius 1 is 1.30 bits per heavy atom. The van der Waals surface area contributed by atoms with Crippen LogP contribution >= 0.6 is 0 Å². The van der Waals surface area contributed by atoms with Crippen molar-refractivity contribution in [1.82, 2.24) is 0 Å². The number of hydrogen-bond donors (Lipinski definition) is 2. The van der Waals surface area contributed by atoms with Gasteiger partial charge >= 0.3 is 0 Å². The van der Waals surface area contributed by atoms with Gasteiger partial charge in [0.15, 0.2) is 5.79 Å². The number of fused-ring (bicyclic) bond motifs is 2. The van der Waals surface area contributed by atoms with E-state index in [0.29, 0.717) is 5.92 Å². The Hall–Kier alpha value is -0.0800. The Kier molecular flexibility index (Phi) is 1.15. The van der Waals surface area contributed by atoms with Gasteiger partial charge in [0.05, 0.1) is 0 Å². The number of rotatable bonds is 0. The van der Waals surface area contributed by atoms with E-state index in [1.165, 1.54) is 6.42 Å². The summed E-state index contributed by atoms with van der Waals surface area (Å²) >= 11 is 0. The average Bonchev–Trinajstić information content (AvgIpc) is 2.37. The molecule has 2 aliphatic rings. The van der Waals surface area contributed by atoms with Gasteiger partial charge in [-0.25, -0.2) is 0 Å². The fraction of sp³-hybridized carbons (Fsp3) is 1.00. The molecule has 0 aromatic rings. The van der Waals surface area contributed by atoms with Crippen LogP contribution in [-0.2, 0) is 0 Å². The first-order valence-electron chi connectivity index (χ1n) is 4.07. The Bertz CT molecular complexity index is 149. The summed E-state index contributed by atoms with van der Waals surface area (Å²) in [6, 6.07) is 0. The van der Waals surface area contributed by atoms with Gasteiger partial charge in [0, 0.05) is 11.8 Å². The third kappa shape index (κ3) is 0.611. The lowest BCUT2D eigenvalue weighted by Gasteiger charge is -2.32. The summed E-state index contributed by atoms with van der Waals surface area (Å²) in [5.41, 5.74) is 0. The second-order valence-electron chi connectivity index (χ2n) is 3.84. The molecule has 2 heteroatoms. The van der Waals surface area contributed by atoms with Crippen LogP contribution in [0, 0.1) is 17.8 Å². The third-order valence-electron chi connectivity index (χ3n) is 3.45. The molecule has 2 rings (SSSR count). The van der Waals surface area contributed by atoms with Crippen LogP contribution in [0.1, 0.15) is 26.2 Å². The molecule has 0 saturated heterocycles. The summed E-state index contributed by atoms with van der Waals surface area (Å²) in [5.74, 6) is -0.470. The highest BCUT2D eigenvalue weighted by atomic mass is 16.5. The third-order valence-corrected chi connectivity index (χ3v) is 3.45. The zero-order chi connectivity index (χ0) is 7.35.